The van der Waals surface area contributed by atoms with E-state index in [4.69, 9.17) is 0 Å². The highest BCUT2D eigenvalue weighted by Crippen LogP contribution is 2.48. The predicted octanol–water partition coefficient (Wildman–Crippen LogP) is 6.00. The molecule has 0 spiro atoms. The highest BCUT2D eigenvalue weighted by Gasteiger charge is 2.48. The number of amides is 2. The first-order chi connectivity index (χ1) is 14.7. The van der Waals surface area contributed by atoms with Crippen LogP contribution in [0.2, 0.25) is 0 Å². The Morgan fingerprint density at radius 1 is 0.700 bits per heavy atom. The second-order valence-electron chi connectivity index (χ2n) is 7.73. The van der Waals surface area contributed by atoms with Gasteiger partial charge in [-0.15, -0.1) is 22.7 Å². The number of fused-ring (bicyclic) bond motifs is 1. The van der Waals surface area contributed by atoms with E-state index in [9.17, 15) is 9.59 Å². The Bertz CT molecular complexity index is 891. The largest absolute Gasteiger partial charge is 0.306 e. The van der Waals surface area contributed by atoms with Gasteiger partial charge in [0.05, 0.1) is 32.3 Å². The van der Waals surface area contributed by atoms with Crippen molar-refractivity contribution in [2.45, 2.75) is 52.4 Å². The van der Waals surface area contributed by atoms with Crippen LogP contribution < -0.4 is 0 Å². The molecule has 0 N–H and O–H groups in total. The summed E-state index contributed by atoms with van der Waals surface area (Å²) in [5, 5.41) is 4.02. The van der Waals surface area contributed by atoms with Gasteiger partial charge in [-0.3, -0.25) is 9.59 Å². The fraction of sp³-hybridized carbons (Fsp3) is 0.417. The molecule has 2 aromatic heterocycles. The van der Waals surface area contributed by atoms with Gasteiger partial charge in [0, 0.05) is 13.1 Å². The monoisotopic (exact) mass is 440 g/mol. The van der Waals surface area contributed by atoms with E-state index in [0.29, 0.717) is 24.2 Å². The smallest absolute Gasteiger partial charge is 0.261 e. The molecule has 0 radical (unpaired) electrons. The Morgan fingerprint density at radius 3 is 1.47 bits per heavy atom. The minimum atomic E-state index is -0.0146. The summed E-state index contributed by atoms with van der Waals surface area (Å²) in [4.78, 5) is 33.1. The summed E-state index contributed by atoms with van der Waals surface area (Å²) in [6.45, 7) is 5.64. The van der Waals surface area contributed by atoms with Crippen molar-refractivity contribution >= 4 is 45.9 Å². The van der Waals surface area contributed by atoms with Crippen LogP contribution in [0, 0.1) is 0 Å². The lowest BCUT2D eigenvalue weighted by atomic mass is 10.1. The third-order valence-electron chi connectivity index (χ3n) is 5.66. The molecule has 2 aliphatic rings. The van der Waals surface area contributed by atoms with Gasteiger partial charge in [-0.2, -0.15) is 0 Å². The Morgan fingerprint density at radius 2 is 1.13 bits per heavy atom. The van der Waals surface area contributed by atoms with Crippen molar-refractivity contribution in [2.75, 3.05) is 13.1 Å². The maximum absolute atomic E-state index is 13.7. The molecule has 4 rings (SSSR count). The highest BCUT2D eigenvalue weighted by atomic mass is 32.1. The zero-order valence-electron chi connectivity index (χ0n) is 17.6. The van der Waals surface area contributed by atoms with E-state index in [1.54, 1.807) is 22.7 Å². The van der Waals surface area contributed by atoms with Crippen molar-refractivity contribution in [2.24, 2.45) is 0 Å². The molecule has 2 aromatic rings. The zero-order chi connectivity index (χ0) is 21.1. The van der Waals surface area contributed by atoms with Gasteiger partial charge in [0.25, 0.3) is 11.8 Å². The van der Waals surface area contributed by atoms with Gasteiger partial charge in [0.15, 0.2) is 0 Å². The van der Waals surface area contributed by atoms with Gasteiger partial charge in [-0.1, -0.05) is 51.7 Å². The van der Waals surface area contributed by atoms with E-state index in [-0.39, 0.29) is 11.8 Å². The van der Waals surface area contributed by atoms with Crippen LogP contribution in [-0.4, -0.2) is 34.7 Å². The van der Waals surface area contributed by atoms with Crippen molar-refractivity contribution in [1.29, 1.82) is 0 Å². The normalized spacial score (nSPS) is 16.5. The van der Waals surface area contributed by atoms with Crippen LogP contribution >= 0.6 is 22.7 Å². The van der Waals surface area contributed by atoms with E-state index in [1.165, 1.54) is 0 Å². The van der Waals surface area contributed by atoms with E-state index in [2.05, 4.69) is 13.8 Å². The lowest BCUT2D eigenvalue weighted by molar-refractivity contribution is -0.124. The fourth-order valence-corrected chi connectivity index (χ4v) is 5.77. The molecule has 30 heavy (non-hydrogen) atoms. The second-order valence-corrected chi connectivity index (χ2v) is 9.62. The van der Waals surface area contributed by atoms with Crippen molar-refractivity contribution in [3.05, 3.63) is 55.9 Å². The summed E-state index contributed by atoms with van der Waals surface area (Å²) in [5.74, 6) is -0.0292. The number of nitrogens with zero attached hydrogens (tertiary/aromatic N) is 2. The molecule has 6 heteroatoms. The van der Waals surface area contributed by atoms with Gasteiger partial charge < -0.3 is 9.80 Å². The predicted molar refractivity (Wildman–Crippen MR) is 125 cm³/mol. The molecule has 158 valence electrons. The molecule has 0 saturated heterocycles. The number of hydrogen-bond acceptors (Lipinski definition) is 4. The van der Waals surface area contributed by atoms with Gasteiger partial charge in [0.2, 0.25) is 0 Å². The first kappa shape index (κ1) is 21.1. The Balaban J connectivity index is 1.83. The molecule has 0 aliphatic carbocycles. The molecule has 0 bridgehead atoms. The lowest BCUT2D eigenvalue weighted by Gasteiger charge is -2.24. The molecule has 2 aliphatic heterocycles. The van der Waals surface area contributed by atoms with E-state index < -0.39 is 0 Å². The third-order valence-corrected chi connectivity index (χ3v) is 7.41. The average molecular weight is 441 g/mol. The number of unbranched alkanes of at least 4 members (excludes halogenated alkanes) is 4. The molecule has 0 fully saturated rings. The summed E-state index contributed by atoms with van der Waals surface area (Å²) in [7, 11) is 0. The number of carbonyl (C=O) groups excluding carboxylic acids is 2. The maximum atomic E-state index is 13.7. The summed E-state index contributed by atoms with van der Waals surface area (Å²) >= 11 is 3.19. The van der Waals surface area contributed by atoms with Crippen LogP contribution in [0.1, 0.15) is 62.1 Å². The second kappa shape index (κ2) is 9.31. The fourth-order valence-electron chi connectivity index (χ4n) is 4.20. The van der Waals surface area contributed by atoms with Crippen LogP contribution in [-0.2, 0) is 9.59 Å². The van der Waals surface area contributed by atoms with Crippen molar-refractivity contribution in [3.8, 4) is 0 Å². The van der Waals surface area contributed by atoms with Crippen LogP contribution in [0.5, 0.6) is 0 Å². The van der Waals surface area contributed by atoms with Crippen LogP contribution in [0.3, 0.4) is 0 Å². The molecule has 4 heterocycles. The molecule has 4 nitrogen and oxygen atoms in total. The number of carbonyl (C=O) groups is 2. The Hall–Kier alpha value is -2.18. The first-order valence-electron chi connectivity index (χ1n) is 10.9. The van der Waals surface area contributed by atoms with Gasteiger partial charge in [-0.05, 0) is 35.7 Å². The number of rotatable bonds is 10. The van der Waals surface area contributed by atoms with Gasteiger partial charge >= 0.3 is 0 Å². The number of hydrogen-bond donors (Lipinski definition) is 0. The van der Waals surface area contributed by atoms with Crippen molar-refractivity contribution in [1.82, 2.24) is 9.80 Å². The van der Waals surface area contributed by atoms with E-state index in [0.717, 1.165) is 59.7 Å². The topological polar surface area (TPSA) is 40.6 Å². The minimum absolute atomic E-state index is 0.0146. The zero-order valence-corrected chi connectivity index (χ0v) is 19.3. The summed E-state index contributed by atoms with van der Waals surface area (Å²) in [6.07, 6.45) is 6.23. The van der Waals surface area contributed by atoms with E-state index >= 15 is 0 Å². The third kappa shape index (κ3) is 3.67. The molecule has 0 saturated carbocycles. The maximum Gasteiger partial charge on any atom is 0.261 e. The lowest BCUT2D eigenvalue weighted by Crippen LogP contribution is -2.30. The van der Waals surface area contributed by atoms with Crippen LogP contribution in [0.25, 0.3) is 11.4 Å². The van der Waals surface area contributed by atoms with Crippen LogP contribution in [0.15, 0.2) is 46.2 Å². The first-order valence-corrected chi connectivity index (χ1v) is 12.6. The summed E-state index contributed by atoms with van der Waals surface area (Å²) < 4.78 is 0. The van der Waals surface area contributed by atoms with Crippen LogP contribution in [0.4, 0.5) is 0 Å². The minimum Gasteiger partial charge on any atom is -0.306 e. The quantitative estimate of drug-likeness (QED) is 0.425. The highest BCUT2D eigenvalue weighted by molar-refractivity contribution is 7.11. The number of thiophene rings is 2. The summed E-state index contributed by atoms with van der Waals surface area (Å²) in [6, 6.07) is 8.02. The van der Waals surface area contributed by atoms with Crippen molar-refractivity contribution in [3.63, 3.8) is 0 Å². The standard InChI is InChI=1S/C24H28N2O2S2/c1-3-5-7-13-25-21(17-11-9-15-29-17)19-20(23(25)27)22(18-12-10-16-30-18)26(24(19)28)14-8-6-4-2/h9-12,15-16H,3-8,13-14H2,1-2H3. The molecule has 0 aromatic carbocycles. The molecule has 0 unspecified atom stereocenters. The van der Waals surface area contributed by atoms with Gasteiger partial charge in [-0.25, -0.2) is 0 Å². The average Bonchev–Trinajstić information content (AvgIpc) is 3.52. The molecule has 2 amide bonds. The van der Waals surface area contributed by atoms with E-state index in [1.807, 2.05) is 44.8 Å². The molecular weight excluding hydrogens is 412 g/mol. The SMILES string of the molecule is CCCCCN1C(=O)C2=C(c3cccs3)N(CCCCC)C(=O)C2=C1c1cccs1. The molecule has 0 atom stereocenters. The molecular formula is C24H28N2O2S2. The Kier molecular flexibility index (Phi) is 6.54. The Labute approximate surface area is 186 Å². The van der Waals surface area contributed by atoms with Crippen molar-refractivity contribution < 1.29 is 9.59 Å². The summed E-state index contributed by atoms with van der Waals surface area (Å²) in [5.41, 5.74) is 2.86. The van der Waals surface area contributed by atoms with Gasteiger partial charge in [0.1, 0.15) is 0 Å².